The van der Waals surface area contributed by atoms with Gasteiger partial charge in [0.25, 0.3) is 0 Å². The van der Waals surface area contributed by atoms with Crippen LogP contribution in [0.5, 0.6) is 0 Å². The third-order valence-electron chi connectivity index (χ3n) is 3.08. The zero-order valence-electron chi connectivity index (χ0n) is 15.5. The van der Waals surface area contributed by atoms with Crippen LogP contribution in [-0.4, -0.2) is 20.9 Å². The van der Waals surface area contributed by atoms with E-state index in [-0.39, 0.29) is 27.8 Å². The molecule has 0 atom stereocenters. The van der Waals surface area contributed by atoms with Crippen molar-refractivity contribution in [3.63, 3.8) is 0 Å². The highest BCUT2D eigenvalue weighted by atomic mass is 35.5. The summed E-state index contributed by atoms with van der Waals surface area (Å²) in [5.41, 5.74) is -1.34. The average Bonchev–Trinajstić information content (AvgIpc) is 2.43. The normalized spacial score (nSPS) is 13.9. The fourth-order valence-corrected chi connectivity index (χ4v) is 2.15. The Kier molecular flexibility index (Phi) is 3.84. The van der Waals surface area contributed by atoms with Crippen molar-refractivity contribution in [1.29, 1.82) is 0 Å². The molecular formula is C16H17ClFN3O2. The van der Waals surface area contributed by atoms with Gasteiger partial charge in [-0.15, -0.1) is 0 Å². The summed E-state index contributed by atoms with van der Waals surface area (Å²) in [4.78, 5) is 19.6. The van der Waals surface area contributed by atoms with Crippen molar-refractivity contribution in [1.82, 2.24) is 9.97 Å². The molecule has 0 aromatic carbocycles. The Labute approximate surface area is 142 Å². The molecule has 0 aliphatic heterocycles. The number of ketones is 1. The molecule has 0 saturated heterocycles. The van der Waals surface area contributed by atoms with Crippen molar-refractivity contribution in [3.8, 4) is 0 Å². The minimum Gasteiger partial charge on any atom is -0.386 e. The minimum absolute atomic E-state index is 0.00939. The van der Waals surface area contributed by atoms with Gasteiger partial charge in [-0.3, -0.25) is 4.79 Å². The number of halogens is 2. The topological polar surface area (TPSA) is 75.1 Å². The zero-order valence-corrected chi connectivity index (χ0v) is 13.3. The van der Waals surface area contributed by atoms with E-state index in [2.05, 4.69) is 15.3 Å². The van der Waals surface area contributed by atoms with Crippen LogP contribution in [0.4, 0.5) is 16.0 Å². The zero-order chi connectivity index (χ0) is 19.7. The Hall–Kier alpha value is -2.05. The second-order valence-electron chi connectivity index (χ2n) is 5.37. The van der Waals surface area contributed by atoms with Crippen LogP contribution in [0.3, 0.4) is 0 Å². The summed E-state index contributed by atoms with van der Waals surface area (Å²) >= 11 is 6.02. The van der Waals surface area contributed by atoms with Crippen molar-refractivity contribution in [2.45, 2.75) is 32.7 Å². The lowest BCUT2D eigenvalue weighted by molar-refractivity contribution is 0.0737. The van der Waals surface area contributed by atoms with E-state index in [1.807, 2.05) is 0 Å². The molecule has 0 bridgehead atoms. The van der Waals surface area contributed by atoms with Gasteiger partial charge in [-0.25, -0.2) is 9.97 Å². The van der Waals surface area contributed by atoms with Crippen molar-refractivity contribution in [2.24, 2.45) is 0 Å². The fourth-order valence-electron chi connectivity index (χ4n) is 1.89. The van der Waals surface area contributed by atoms with Crippen LogP contribution in [0.15, 0.2) is 24.4 Å². The quantitative estimate of drug-likeness (QED) is 0.639. The van der Waals surface area contributed by atoms with E-state index in [1.54, 1.807) is 0 Å². The highest BCUT2D eigenvalue weighted by Gasteiger charge is 2.21. The van der Waals surface area contributed by atoms with E-state index < -0.39 is 30.6 Å². The number of rotatable bonds is 5. The maximum Gasteiger partial charge on any atom is 0.220 e. The van der Waals surface area contributed by atoms with Crippen molar-refractivity contribution in [3.05, 3.63) is 46.5 Å². The molecule has 0 spiro atoms. The summed E-state index contributed by atoms with van der Waals surface area (Å²) in [6, 6.07) is 4.16. The lowest BCUT2D eigenvalue weighted by Gasteiger charge is -2.18. The van der Waals surface area contributed by atoms with E-state index in [1.165, 1.54) is 32.0 Å². The number of carbonyl (C=O) groups is 1. The molecule has 5 nitrogen and oxygen atoms in total. The largest absolute Gasteiger partial charge is 0.386 e. The molecule has 0 radical (unpaired) electrons. The monoisotopic (exact) mass is 340 g/mol. The number of Topliss-reactive ketones (excluding diaryl/α,β-unsaturated/α-hetero) is 1. The molecule has 2 heterocycles. The number of hydrogen-bond donors (Lipinski definition) is 2. The number of carbonyl (C=O) groups excluding carboxylic acids is 1. The number of anilines is 2. The molecule has 23 heavy (non-hydrogen) atoms. The first-order valence-electron chi connectivity index (χ1n) is 8.22. The third-order valence-corrected chi connectivity index (χ3v) is 3.39. The predicted molar refractivity (Wildman–Crippen MR) is 86.6 cm³/mol. The van der Waals surface area contributed by atoms with Gasteiger partial charge in [-0.1, -0.05) is 18.5 Å². The van der Waals surface area contributed by atoms with E-state index in [9.17, 15) is 14.3 Å². The molecule has 122 valence electrons. The average molecular weight is 341 g/mol. The smallest absolute Gasteiger partial charge is 0.220 e. The van der Waals surface area contributed by atoms with E-state index in [0.29, 0.717) is 0 Å². The van der Waals surface area contributed by atoms with Gasteiger partial charge in [0.2, 0.25) is 5.95 Å². The fraction of sp³-hybridized carbons (Fsp3) is 0.312. The lowest BCUT2D eigenvalue weighted by atomic mass is 10.0. The van der Waals surface area contributed by atoms with E-state index in [0.717, 1.165) is 6.20 Å². The summed E-state index contributed by atoms with van der Waals surface area (Å²) < 4.78 is 35.4. The molecule has 0 aliphatic carbocycles. The number of aliphatic hydroxyl groups is 1. The van der Waals surface area contributed by atoms with Crippen LogP contribution in [0.2, 0.25) is 5.02 Å². The van der Waals surface area contributed by atoms with Crippen LogP contribution in [0, 0.1) is 5.95 Å². The second-order valence-corrected chi connectivity index (χ2v) is 5.78. The highest BCUT2D eigenvalue weighted by Crippen LogP contribution is 2.25. The van der Waals surface area contributed by atoms with Gasteiger partial charge in [-0.2, -0.15) is 4.39 Å². The number of pyridine rings is 2. The summed E-state index contributed by atoms with van der Waals surface area (Å²) in [6.45, 7) is 0.480. The number of nitrogens with zero attached hydrogens (tertiary/aromatic N) is 2. The number of aromatic nitrogens is 2. The van der Waals surface area contributed by atoms with Gasteiger partial charge in [0.1, 0.15) is 11.6 Å². The Morgan fingerprint density at radius 2 is 2.22 bits per heavy atom. The number of hydrogen-bond acceptors (Lipinski definition) is 5. The third kappa shape index (κ3) is 4.03. The molecule has 0 fully saturated rings. The summed E-state index contributed by atoms with van der Waals surface area (Å²) in [5, 5.41) is 12.6. The maximum absolute atomic E-state index is 14.0. The molecule has 2 aromatic rings. The molecule has 2 rings (SSSR count). The van der Waals surface area contributed by atoms with Crippen LogP contribution < -0.4 is 5.32 Å². The van der Waals surface area contributed by atoms with Gasteiger partial charge < -0.3 is 10.4 Å². The number of nitrogens with one attached hydrogen (secondary N) is 1. The molecule has 7 heteroatoms. The van der Waals surface area contributed by atoms with Gasteiger partial charge in [0.05, 0.1) is 16.2 Å². The minimum atomic E-state index is -2.40. The van der Waals surface area contributed by atoms with Crippen LogP contribution in [0.1, 0.15) is 47.2 Å². The van der Waals surface area contributed by atoms with Gasteiger partial charge in [0.15, 0.2) is 5.78 Å². The SMILES string of the molecule is [2H]C([2H])([2H])CC(=O)c1cnc(Nc2ccc(C(C)(C)O)c(F)n2)cc1Cl. The van der Waals surface area contributed by atoms with Crippen molar-refractivity contribution >= 4 is 29.0 Å². The lowest BCUT2D eigenvalue weighted by Crippen LogP contribution is -2.18. The first-order chi connectivity index (χ1) is 11.9. The molecular weight excluding hydrogens is 321 g/mol. The standard InChI is InChI=1S/C16H17ClFN3O2/c1-4-12(22)9-8-19-14(7-11(9)17)20-13-6-5-10(15(18)21-13)16(2,3)23/h5-8,23H,4H2,1-3H3,(H,19,20,21)/i1D3. The summed E-state index contributed by atoms with van der Waals surface area (Å²) in [7, 11) is 0. The molecule has 0 amide bonds. The van der Waals surface area contributed by atoms with E-state index >= 15 is 0 Å². The van der Waals surface area contributed by atoms with E-state index in [4.69, 9.17) is 15.7 Å². The molecule has 2 aromatic heterocycles. The predicted octanol–water partition coefficient (Wildman–Crippen LogP) is 3.83. The first kappa shape index (κ1) is 13.4. The van der Waals surface area contributed by atoms with Crippen molar-refractivity contribution < 1.29 is 18.4 Å². The van der Waals surface area contributed by atoms with Crippen LogP contribution >= 0.6 is 11.6 Å². The maximum atomic E-state index is 14.0. The van der Waals surface area contributed by atoms with Gasteiger partial charge in [-0.05, 0) is 26.0 Å². The molecule has 0 aliphatic rings. The van der Waals surface area contributed by atoms with Gasteiger partial charge in [0, 0.05) is 28.4 Å². The Morgan fingerprint density at radius 3 is 2.78 bits per heavy atom. The summed E-state index contributed by atoms with van der Waals surface area (Å²) in [5.74, 6) is -1.16. The molecule has 0 unspecified atom stereocenters. The Bertz CT molecular complexity index is 838. The first-order valence-corrected chi connectivity index (χ1v) is 7.10. The second kappa shape index (κ2) is 6.60. The van der Waals surface area contributed by atoms with Crippen molar-refractivity contribution in [2.75, 3.05) is 5.32 Å². The highest BCUT2D eigenvalue weighted by molar-refractivity contribution is 6.34. The molecule has 2 N–H and O–H groups in total. The summed E-state index contributed by atoms with van der Waals surface area (Å²) in [6.07, 6.45) is 0.507. The Morgan fingerprint density at radius 1 is 1.48 bits per heavy atom. The van der Waals surface area contributed by atoms with Gasteiger partial charge >= 0.3 is 0 Å². The van der Waals surface area contributed by atoms with Crippen LogP contribution in [0.25, 0.3) is 0 Å². The molecule has 0 saturated carbocycles. The van der Waals surface area contributed by atoms with Crippen LogP contribution in [-0.2, 0) is 5.60 Å². The Balaban J connectivity index is 2.20.